The van der Waals surface area contributed by atoms with E-state index in [0.29, 0.717) is 5.56 Å². The van der Waals surface area contributed by atoms with Gasteiger partial charge < -0.3 is 9.88 Å². The lowest BCUT2D eigenvalue weighted by Crippen LogP contribution is -2.12. The molecule has 1 N–H and O–H groups in total. The Balaban J connectivity index is 1.82. The van der Waals surface area contributed by atoms with Crippen molar-refractivity contribution in [3.8, 4) is 6.07 Å². The van der Waals surface area contributed by atoms with Crippen LogP contribution in [-0.4, -0.2) is 4.57 Å². The molecule has 0 fully saturated rings. The molecule has 1 aromatic heterocycles. The fourth-order valence-electron chi connectivity index (χ4n) is 1.84. The van der Waals surface area contributed by atoms with Gasteiger partial charge >= 0.3 is 0 Å². The summed E-state index contributed by atoms with van der Waals surface area (Å²) in [5, 5.41) is 12.1. The van der Waals surface area contributed by atoms with Gasteiger partial charge in [-0.3, -0.25) is 0 Å². The third-order valence-electron chi connectivity index (χ3n) is 2.92. The largest absolute Gasteiger partial charge is 0.354 e. The number of nitrogens with one attached hydrogen (secondary N) is 1. The van der Waals surface area contributed by atoms with Gasteiger partial charge in [0.15, 0.2) is 0 Å². The van der Waals surface area contributed by atoms with Gasteiger partial charge in [0.1, 0.15) is 0 Å². The number of aryl methyl sites for hydroxylation is 1. The third kappa shape index (κ3) is 3.22. The number of rotatable bonds is 5. The summed E-state index contributed by atoms with van der Waals surface area (Å²) < 4.78 is 2.17. The van der Waals surface area contributed by atoms with E-state index in [4.69, 9.17) is 5.26 Å². The molecule has 0 saturated carbocycles. The monoisotopic (exact) mass is 239 g/mol. The molecule has 0 amide bonds. The molecule has 0 radical (unpaired) electrons. The molecule has 1 heterocycles. The first-order valence-electron chi connectivity index (χ1n) is 6.16. The Hall–Kier alpha value is -2.05. The molecular weight excluding hydrogens is 222 g/mol. The van der Waals surface area contributed by atoms with Crippen LogP contribution in [0.3, 0.4) is 0 Å². The Morgan fingerprint density at radius 2 is 1.83 bits per heavy atom. The minimum absolute atomic E-state index is 0.707. The van der Waals surface area contributed by atoms with Crippen molar-refractivity contribution in [1.29, 1.82) is 5.26 Å². The molecule has 0 atom stereocenters. The lowest BCUT2D eigenvalue weighted by Gasteiger charge is -2.03. The van der Waals surface area contributed by atoms with Crippen LogP contribution in [0.4, 0.5) is 0 Å². The van der Waals surface area contributed by atoms with E-state index >= 15 is 0 Å². The predicted octanol–water partition coefficient (Wildman–Crippen LogP) is 2.67. The summed E-state index contributed by atoms with van der Waals surface area (Å²) >= 11 is 0. The standard InChI is InChI=1S/C15H17N3/c1-2-18-8-7-15(12-18)11-17-10-14-5-3-13(9-16)4-6-14/h3-8,12,17H,2,10-11H2,1H3. The zero-order chi connectivity index (χ0) is 12.8. The van der Waals surface area contributed by atoms with Gasteiger partial charge in [-0.15, -0.1) is 0 Å². The highest BCUT2D eigenvalue weighted by molar-refractivity contribution is 5.31. The van der Waals surface area contributed by atoms with E-state index in [0.717, 1.165) is 19.6 Å². The second kappa shape index (κ2) is 6.04. The molecule has 2 rings (SSSR count). The first-order chi connectivity index (χ1) is 8.81. The number of nitriles is 1. The van der Waals surface area contributed by atoms with E-state index in [2.05, 4.69) is 41.3 Å². The predicted molar refractivity (Wildman–Crippen MR) is 71.8 cm³/mol. The lowest BCUT2D eigenvalue weighted by atomic mass is 10.1. The van der Waals surface area contributed by atoms with Crippen LogP contribution in [0, 0.1) is 11.3 Å². The molecule has 0 saturated heterocycles. The van der Waals surface area contributed by atoms with Gasteiger partial charge in [-0.25, -0.2) is 0 Å². The summed E-state index contributed by atoms with van der Waals surface area (Å²) in [6.07, 6.45) is 4.25. The summed E-state index contributed by atoms with van der Waals surface area (Å²) in [4.78, 5) is 0. The maximum absolute atomic E-state index is 8.71. The molecule has 1 aromatic carbocycles. The van der Waals surface area contributed by atoms with Crippen LogP contribution in [0.5, 0.6) is 0 Å². The van der Waals surface area contributed by atoms with Crippen LogP contribution in [0.2, 0.25) is 0 Å². The van der Waals surface area contributed by atoms with Crippen molar-refractivity contribution in [3.63, 3.8) is 0 Å². The van der Waals surface area contributed by atoms with Crippen molar-refractivity contribution in [1.82, 2.24) is 9.88 Å². The van der Waals surface area contributed by atoms with E-state index in [9.17, 15) is 0 Å². The van der Waals surface area contributed by atoms with Gasteiger partial charge in [-0.2, -0.15) is 5.26 Å². The van der Waals surface area contributed by atoms with Crippen molar-refractivity contribution >= 4 is 0 Å². The second-order valence-corrected chi connectivity index (χ2v) is 4.26. The molecule has 0 aliphatic heterocycles. The van der Waals surface area contributed by atoms with Gasteiger partial charge in [-0.05, 0) is 36.2 Å². The summed E-state index contributed by atoms with van der Waals surface area (Å²) in [5.74, 6) is 0. The van der Waals surface area contributed by atoms with Crippen molar-refractivity contribution in [2.24, 2.45) is 0 Å². The minimum atomic E-state index is 0.707. The smallest absolute Gasteiger partial charge is 0.0991 e. The Morgan fingerprint density at radius 3 is 2.44 bits per heavy atom. The average Bonchev–Trinajstić information content (AvgIpc) is 2.87. The van der Waals surface area contributed by atoms with E-state index in [1.54, 1.807) is 0 Å². The van der Waals surface area contributed by atoms with Gasteiger partial charge in [0.2, 0.25) is 0 Å². The zero-order valence-electron chi connectivity index (χ0n) is 10.6. The highest BCUT2D eigenvalue weighted by atomic mass is 14.9. The Morgan fingerprint density at radius 1 is 1.11 bits per heavy atom. The number of hydrogen-bond donors (Lipinski definition) is 1. The van der Waals surface area contributed by atoms with Crippen molar-refractivity contribution in [2.75, 3.05) is 0 Å². The van der Waals surface area contributed by atoms with E-state index < -0.39 is 0 Å². The Labute approximate surface area is 108 Å². The molecule has 0 spiro atoms. The number of aromatic nitrogens is 1. The van der Waals surface area contributed by atoms with Gasteiger partial charge in [0, 0.05) is 32.0 Å². The van der Waals surface area contributed by atoms with Crippen molar-refractivity contribution in [3.05, 3.63) is 59.4 Å². The maximum Gasteiger partial charge on any atom is 0.0991 e. The first-order valence-corrected chi connectivity index (χ1v) is 6.16. The SMILES string of the molecule is CCn1ccc(CNCc2ccc(C#N)cc2)c1. The maximum atomic E-state index is 8.71. The Bertz CT molecular complexity index is 532. The average molecular weight is 239 g/mol. The highest BCUT2D eigenvalue weighted by Crippen LogP contribution is 2.04. The second-order valence-electron chi connectivity index (χ2n) is 4.26. The molecule has 92 valence electrons. The van der Waals surface area contributed by atoms with Crippen LogP contribution in [-0.2, 0) is 19.6 Å². The van der Waals surface area contributed by atoms with Gasteiger partial charge in [-0.1, -0.05) is 12.1 Å². The molecule has 3 nitrogen and oxygen atoms in total. The molecule has 0 bridgehead atoms. The van der Waals surface area contributed by atoms with Crippen LogP contribution >= 0.6 is 0 Å². The summed E-state index contributed by atoms with van der Waals surface area (Å²) in [5.41, 5.74) is 3.20. The topological polar surface area (TPSA) is 40.8 Å². The highest BCUT2D eigenvalue weighted by Gasteiger charge is 1.97. The molecule has 0 aliphatic carbocycles. The van der Waals surface area contributed by atoms with Crippen LogP contribution in [0.25, 0.3) is 0 Å². The fourth-order valence-corrected chi connectivity index (χ4v) is 1.84. The fraction of sp³-hybridized carbons (Fsp3) is 0.267. The molecule has 0 unspecified atom stereocenters. The first kappa shape index (κ1) is 12.4. The van der Waals surface area contributed by atoms with E-state index in [-0.39, 0.29) is 0 Å². The summed E-state index contributed by atoms with van der Waals surface area (Å²) in [6, 6.07) is 11.9. The summed E-state index contributed by atoms with van der Waals surface area (Å²) in [7, 11) is 0. The van der Waals surface area contributed by atoms with Gasteiger partial charge in [0.25, 0.3) is 0 Å². The van der Waals surface area contributed by atoms with Crippen LogP contribution in [0.1, 0.15) is 23.6 Å². The van der Waals surface area contributed by atoms with Gasteiger partial charge in [0.05, 0.1) is 11.6 Å². The zero-order valence-corrected chi connectivity index (χ0v) is 10.6. The third-order valence-corrected chi connectivity index (χ3v) is 2.92. The molecule has 0 aliphatic rings. The quantitative estimate of drug-likeness (QED) is 0.871. The normalized spacial score (nSPS) is 10.2. The van der Waals surface area contributed by atoms with Crippen molar-refractivity contribution < 1.29 is 0 Å². The number of benzene rings is 1. The summed E-state index contributed by atoms with van der Waals surface area (Å²) in [6.45, 7) is 4.83. The van der Waals surface area contributed by atoms with Crippen molar-refractivity contribution in [2.45, 2.75) is 26.6 Å². The molecule has 3 heteroatoms. The number of hydrogen-bond acceptors (Lipinski definition) is 2. The molecular formula is C15H17N3. The minimum Gasteiger partial charge on any atom is -0.354 e. The number of nitrogens with zero attached hydrogens (tertiary/aromatic N) is 2. The molecule has 2 aromatic rings. The van der Waals surface area contributed by atoms with Crippen LogP contribution in [0.15, 0.2) is 42.7 Å². The van der Waals surface area contributed by atoms with E-state index in [1.807, 2.05) is 24.3 Å². The Kier molecular flexibility index (Phi) is 4.16. The van der Waals surface area contributed by atoms with E-state index in [1.165, 1.54) is 11.1 Å². The van der Waals surface area contributed by atoms with Crippen LogP contribution < -0.4 is 5.32 Å². The molecule has 18 heavy (non-hydrogen) atoms. The lowest BCUT2D eigenvalue weighted by molar-refractivity contribution is 0.688.